The van der Waals surface area contributed by atoms with Crippen molar-refractivity contribution in [2.45, 2.75) is 30.7 Å². The summed E-state index contributed by atoms with van der Waals surface area (Å²) < 4.78 is 28.5. The molecule has 0 saturated carbocycles. The highest BCUT2D eigenvalue weighted by molar-refractivity contribution is 7.89. The molecule has 1 aromatic carbocycles. The van der Waals surface area contributed by atoms with E-state index in [0.29, 0.717) is 18.0 Å². The van der Waals surface area contributed by atoms with E-state index in [1.54, 1.807) is 22.6 Å². The van der Waals surface area contributed by atoms with Crippen molar-refractivity contribution in [3.8, 4) is 0 Å². The largest absolute Gasteiger partial charge is 0.249 e. The number of rotatable bonds is 3. The lowest BCUT2D eigenvalue weighted by atomic mass is 10.1. The molecule has 21 heavy (non-hydrogen) atoms. The summed E-state index contributed by atoms with van der Waals surface area (Å²) >= 11 is 0. The Kier molecular flexibility index (Phi) is 3.77. The Morgan fingerprint density at radius 2 is 1.81 bits per heavy atom. The normalized spacial score (nSPS) is 18.0. The van der Waals surface area contributed by atoms with Gasteiger partial charge in [0.2, 0.25) is 10.0 Å². The van der Waals surface area contributed by atoms with Crippen molar-refractivity contribution >= 4 is 10.0 Å². The Morgan fingerprint density at radius 1 is 1.14 bits per heavy atom. The maximum absolute atomic E-state index is 12.6. The second-order valence-electron chi connectivity index (χ2n) is 5.33. The summed E-state index contributed by atoms with van der Waals surface area (Å²) in [5.41, 5.74) is 1.05. The van der Waals surface area contributed by atoms with Crippen molar-refractivity contribution in [1.29, 1.82) is 0 Å². The minimum Gasteiger partial charge on any atom is -0.249 e. The predicted molar refractivity (Wildman–Crippen MR) is 78.2 cm³/mol. The molecule has 2 aromatic rings. The molecule has 0 spiro atoms. The monoisotopic (exact) mass is 306 g/mol. The van der Waals surface area contributed by atoms with E-state index in [-0.39, 0.29) is 6.04 Å². The number of nitrogens with zero attached hydrogens (tertiary/aromatic N) is 4. The number of hydrogen-bond donors (Lipinski definition) is 0. The Hall–Kier alpha value is -1.73. The van der Waals surface area contributed by atoms with Gasteiger partial charge in [0.1, 0.15) is 0 Å². The van der Waals surface area contributed by atoms with E-state index in [0.717, 1.165) is 18.4 Å². The van der Waals surface area contributed by atoms with Crippen molar-refractivity contribution < 1.29 is 8.42 Å². The van der Waals surface area contributed by atoms with Crippen LogP contribution in [0.15, 0.2) is 41.6 Å². The smallest absolute Gasteiger partial charge is 0.243 e. The van der Waals surface area contributed by atoms with Gasteiger partial charge in [0.25, 0.3) is 0 Å². The van der Waals surface area contributed by atoms with Crippen LogP contribution >= 0.6 is 0 Å². The van der Waals surface area contributed by atoms with Crippen molar-refractivity contribution in [2.24, 2.45) is 0 Å². The quantitative estimate of drug-likeness (QED) is 0.864. The first kappa shape index (κ1) is 14.2. The fourth-order valence-corrected chi connectivity index (χ4v) is 4.09. The first-order valence-corrected chi connectivity index (χ1v) is 8.44. The third-order valence-electron chi connectivity index (χ3n) is 3.90. The van der Waals surface area contributed by atoms with Gasteiger partial charge in [-0.3, -0.25) is 0 Å². The Bertz CT molecular complexity index is 687. The molecule has 1 fully saturated rings. The lowest BCUT2D eigenvalue weighted by Crippen LogP contribution is -2.39. The van der Waals surface area contributed by atoms with Crippen LogP contribution in [0, 0.1) is 6.92 Å². The summed E-state index contributed by atoms with van der Waals surface area (Å²) in [4.78, 5) is 0.368. The van der Waals surface area contributed by atoms with E-state index in [9.17, 15) is 8.42 Å². The van der Waals surface area contributed by atoms with Crippen molar-refractivity contribution in [2.75, 3.05) is 13.1 Å². The number of sulfonamides is 1. The van der Waals surface area contributed by atoms with Gasteiger partial charge in [-0.05, 0) is 31.9 Å². The third-order valence-corrected chi connectivity index (χ3v) is 5.81. The maximum Gasteiger partial charge on any atom is 0.243 e. The summed E-state index contributed by atoms with van der Waals surface area (Å²) in [7, 11) is -3.38. The minimum absolute atomic E-state index is 0.233. The first-order chi connectivity index (χ1) is 10.1. The highest BCUT2D eigenvalue weighted by Gasteiger charge is 2.30. The molecule has 0 radical (unpaired) electrons. The Morgan fingerprint density at radius 3 is 2.38 bits per heavy atom. The second-order valence-corrected chi connectivity index (χ2v) is 7.27. The predicted octanol–water partition coefficient (Wildman–Crippen LogP) is 1.61. The lowest BCUT2D eigenvalue weighted by Gasteiger charge is -2.31. The standard InChI is InChI=1S/C14H18N4O2S/c1-12-2-4-14(5-3-12)21(19,20)17-9-6-13(7-10-17)18-11-8-15-16-18/h2-5,8,11,13H,6-7,9-10H2,1H3. The van der Waals surface area contributed by atoms with Crippen LogP contribution in [-0.4, -0.2) is 40.8 Å². The van der Waals surface area contributed by atoms with Crippen LogP contribution in [0.3, 0.4) is 0 Å². The van der Waals surface area contributed by atoms with E-state index >= 15 is 0 Å². The zero-order valence-corrected chi connectivity index (χ0v) is 12.7. The van der Waals surface area contributed by atoms with Gasteiger partial charge in [0.05, 0.1) is 17.1 Å². The van der Waals surface area contributed by atoms with Crippen LogP contribution in [0.5, 0.6) is 0 Å². The Labute approximate surface area is 124 Å². The van der Waals surface area contributed by atoms with Crippen LogP contribution < -0.4 is 0 Å². The van der Waals surface area contributed by atoms with E-state index < -0.39 is 10.0 Å². The van der Waals surface area contributed by atoms with Gasteiger partial charge < -0.3 is 0 Å². The molecule has 1 saturated heterocycles. The van der Waals surface area contributed by atoms with Crippen LogP contribution in [0.1, 0.15) is 24.4 Å². The molecule has 0 N–H and O–H groups in total. The third kappa shape index (κ3) is 2.84. The lowest BCUT2D eigenvalue weighted by molar-refractivity contribution is 0.258. The molecule has 6 nitrogen and oxygen atoms in total. The molecule has 2 heterocycles. The van der Waals surface area contributed by atoms with Crippen molar-refractivity contribution in [3.63, 3.8) is 0 Å². The van der Waals surface area contributed by atoms with E-state index in [4.69, 9.17) is 0 Å². The van der Waals surface area contributed by atoms with Crippen LogP contribution in [0.4, 0.5) is 0 Å². The highest BCUT2D eigenvalue weighted by Crippen LogP contribution is 2.26. The number of piperidine rings is 1. The number of aromatic nitrogens is 3. The molecule has 3 rings (SSSR count). The minimum atomic E-state index is -3.38. The SMILES string of the molecule is Cc1ccc(S(=O)(=O)N2CCC(n3ccnn3)CC2)cc1. The van der Waals surface area contributed by atoms with Crippen LogP contribution in [0.25, 0.3) is 0 Å². The molecule has 0 atom stereocenters. The summed E-state index contributed by atoms with van der Waals surface area (Å²) in [5, 5.41) is 7.80. The van der Waals surface area contributed by atoms with E-state index in [1.807, 2.05) is 29.9 Å². The summed E-state index contributed by atoms with van der Waals surface area (Å²) in [6.45, 7) is 2.97. The van der Waals surface area contributed by atoms with E-state index in [1.165, 1.54) is 0 Å². The molecule has 1 aliphatic rings. The van der Waals surface area contributed by atoms with Gasteiger partial charge in [-0.25, -0.2) is 13.1 Å². The zero-order chi connectivity index (χ0) is 14.9. The van der Waals surface area contributed by atoms with Crippen molar-refractivity contribution in [1.82, 2.24) is 19.3 Å². The molecule has 1 aliphatic heterocycles. The van der Waals surface area contributed by atoms with Crippen LogP contribution in [0.2, 0.25) is 0 Å². The van der Waals surface area contributed by atoms with Gasteiger partial charge >= 0.3 is 0 Å². The summed E-state index contributed by atoms with van der Waals surface area (Å²) in [6, 6.07) is 7.24. The fourth-order valence-electron chi connectivity index (χ4n) is 2.62. The number of hydrogen-bond acceptors (Lipinski definition) is 4. The molecule has 0 bridgehead atoms. The number of aryl methyl sites for hydroxylation is 1. The van der Waals surface area contributed by atoms with Gasteiger partial charge in [0, 0.05) is 19.3 Å². The molecule has 0 unspecified atom stereocenters. The van der Waals surface area contributed by atoms with Gasteiger partial charge in [-0.2, -0.15) is 4.31 Å². The molecule has 0 amide bonds. The average Bonchev–Trinajstić information content (AvgIpc) is 3.02. The topological polar surface area (TPSA) is 68.1 Å². The fraction of sp³-hybridized carbons (Fsp3) is 0.429. The van der Waals surface area contributed by atoms with Gasteiger partial charge in [0.15, 0.2) is 0 Å². The zero-order valence-electron chi connectivity index (χ0n) is 11.9. The Balaban J connectivity index is 1.72. The van der Waals surface area contributed by atoms with Crippen LogP contribution in [-0.2, 0) is 10.0 Å². The summed E-state index contributed by atoms with van der Waals surface area (Å²) in [5.74, 6) is 0. The molecule has 0 aliphatic carbocycles. The second kappa shape index (κ2) is 5.57. The van der Waals surface area contributed by atoms with Gasteiger partial charge in [-0.15, -0.1) is 5.10 Å². The summed E-state index contributed by atoms with van der Waals surface area (Å²) in [6.07, 6.45) is 4.99. The number of benzene rings is 1. The molecular formula is C14H18N4O2S. The highest BCUT2D eigenvalue weighted by atomic mass is 32.2. The molecule has 7 heteroatoms. The maximum atomic E-state index is 12.6. The molecular weight excluding hydrogens is 288 g/mol. The van der Waals surface area contributed by atoms with Crippen molar-refractivity contribution in [3.05, 3.63) is 42.2 Å². The average molecular weight is 306 g/mol. The van der Waals surface area contributed by atoms with E-state index in [2.05, 4.69) is 10.3 Å². The molecule has 112 valence electrons. The van der Waals surface area contributed by atoms with Gasteiger partial charge in [-0.1, -0.05) is 22.9 Å². The molecule has 1 aromatic heterocycles. The first-order valence-electron chi connectivity index (χ1n) is 7.00.